The SMILES string of the molecule is CCc1ccccc1C(=COCC[NH+]1CCC=C(C(=O)O)C1)c1ccccc1CC.[Cl-]. The van der Waals surface area contributed by atoms with Gasteiger partial charge in [-0.2, -0.15) is 0 Å². The predicted octanol–water partition coefficient (Wildman–Crippen LogP) is 0.521. The molecule has 0 fully saturated rings. The zero-order chi connectivity index (χ0) is 21.3. The van der Waals surface area contributed by atoms with Crippen molar-refractivity contribution in [3.8, 4) is 0 Å². The molecule has 0 saturated heterocycles. The van der Waals surface area contributed by atoms with Crippen molar-refractivity contribution >= 4 is 11.5 Å². The normalized spacial score (nSPS) is 15.4. The predicted molar refractivity (Wildman–Crippen MR) is 121 cm³/mol. The maximum atomic E-state index is 11.2. The summed E-state index contributed by atoms with van der Waals surface area (Å²) in [5.74, 6) is -0.803. The third kappa shape index (κ3) is 6.46. The number of carboxylic acid groups (broad SMARTS) is 1. The molecule has 31 heavy (non-hydrogen) atoms. The minimum Gasteiger partial charge on any atom is -1.00 e. The summed E-state index contributed by atoms with van der Waals surface area (Å²) in [7, 11) is 0. The van der Waals surface area contributed by atoms with E-state index in [1.807, 2.05) is 12.3 Å². The lowest BCUT2D eigenvalue weighted by molar-refractivity contribution is -0.896. The third-order valence-electron chi connectivity index (χ3n) is 5.76. The van der Waals surface area contributed by atoms with Gasteiger partial charge in [0.25, 0.3) is 0 Å². The van der Waals surface area contributed by atoms with Crippen molar-refractivity contribution < 1.29 is 31.9 Å². The molecular formula is C26H32ClNO3. The van der Waals surface area contributed by atoms with Gasteiger partial charge in [-0.25, -0.2) is 4.79 Å². The van der Waals surface area contributed by atoms with E-state index in [0.29, 0.717) is 18.7 Å². The molecule has 0 spiro atoms. The highest BCUT2D eigenvalue weighted by Gasteiger charge is 2.20. The monoisotopic (exact) mass is 441 g/mol. The van der Waals surface area contributed by atoms with E-state index in [9.17, 15) is 9.90 Å². The van der Waals surface area contributed by atoms with Crippen LogP contribution in [-0.4, -0.2) is 37.3 Å². The smallest absolute Gasteiger partial charge is 0.336 e. The van der Waals surface area contributed by atoms with Crippen LogP contribution in [-0.2, 0) is 22.4 Å². The molecule has 0 bridgehead atoms. The molecule has 2 aromatic carbocycles. The highest BCUT2D eigenvalue weighted by atomic mass is 35.5. The summed E-state index contributed by atoms with van der Waals surface area (Å²) in [5.41, 5.74) is 6.66. The summed E-state index contributed by atoms with van der Waals surface area (Å²) in [6.45, 7) is 7.22. The molecule has 1 unspecified atom stereocenters. The van der Waals surface area contributed by atoms with Gasteiger partial charge < -0.3 is 27.2 Å². The molecule has 3 rings (SSSR count). The van der Waals surface area contributed by atoms with Crippen molar-refractivity contribution in [2.75, 3.05) is 26.2 Å². The molecule has 1 aliphatic heterocycles. The summed E-state index contributed by atoms with van der Waals surface area (Å²) in [6.07, 6.45) is 6.48. The van der Waals surface area contributed by atoms with E-state index >= 15 is 0 Å². The van der Waals surface area contributed by atoms with Crippen LogP contribution in [0.15, 0.2) is 66.4 Å². The van der Waals surface area contributed by atoms with E-state index in [2.05, 4.69) is 62.4 Å². The summed E-state index contributed by atoms with van der Waals surface area (Å²) >= 11 is 0. The number of aliphatic carboxylic acids is 1. The van der Waals surface area contributed by atoms with Gasteiger partial charge in [-0.3, -0.25) is 0 Å². The van der Waals surface area contributed by atoms with Gasteiger partial charge in [0.1, 0.15) is 19.7 Å². The lowest BCUT2D eigenvalue weighted by atomic mass is 9.90. The molecule has 0 aromatic heterocycles. The van der Waals surface area contributed by atoms with Crippen LogP contribution in [0.4, 0.5) is 0 Å². The molecule has 166 valence electrons. The van der Waals surface area contributed by atoms with Gasteiger partial charge in [0.05, 0.1) is 18.4 Å². The largest absolute Gasteiger partial charge is 1.00 e. The van der Waals surface area contributed by atoms with E-state index in [-0.39, 0.29) is 12.4 Å². The van der Waals surface area contributed by atoms with Crippen molar-refractivity contribution in [3.05, 3.63) is 88.7 Å². The molecule has 2 aromatic rings. The van der Waals surface area contributed by atoms with Crippen LogP contribution in [0.3, 0.4) is 0 Å². The number of quaternary nitrogens is 1. The zero-order valence-corrected chi connectivity index (χ0v) is 19.1. The van der Waals surface area contributed by atoms with Crippen molar-refractivity contribution in [3.63, 3.8) is 0 Å². The number of hydrogen-bond acceptors (Lipinski definition) is 2. The Bertz CT molecular complexity index is 886. The fraction of sp³-hybridized carbons (Fsp3) is 0.346. The van der Waals surface area contributed by atoms with Gasteiger partial charge in [-0.1, -0.05) is 68.5 Å². The topological polar surface area (TPSA) is 51.0 Å². The first-order valence-corrected chi connectivity index (χ1v) is 10.9. The average Bonchev–Trinajstić information content (AvgIpc) is 2.79. The van der Waals surface area contributed by atoms with Gasteiger partial charge in [0, 0.05) is 12.0 Å². The fourth-order valence-electron chi connectivity index (χ4n) is 4.06. The standard InChI is InChI=1S/C26H31NO3.ClH/c1-3-20-10-5-7-13-23(20)25(24-14-8-6-11-21(24)4-2)19-30-17-16-27-15-9-12-22(18-27)26(28)29;/h5-8,10-14,19H,3-4,9,15-18H2,1-2H3,(H,28,29);1H. The van der Waals surface area contributed by atoms with E-state index < -0.39 is 5.97 Å². The van der Waals surface area contributed by atoms with E-state index in [1.165, 1.54) is 27.2 Å². The molecule has 2 N–H and O–H groups in total. The molecule has 0 amide bonds. The minimum absolute atomic E-state index is 0. The molecule has 0 radical (unpaired) electrons. The highest BCUT2D eigenvalue weighted by Crippen LogP contribution is 2.29. The quantitative estimate of drug-likeness (QED) is 0.440. The van der Waals surface area contributed by atoms with Crippen LogP contribution in [0.5, 0.6) is 0 Å². The number of halogens is 1. The van der Waals surface area contributed by atoms with Crippen LogP contribution in [0, 0.1) is 0 Å². The van der Waals surface area contributed by atoms with Crippen molar-refractivity contribution in [2.24, 2.45) is 0 Å². The first kappa shape index (κ1) is 24.7. The Labute approximate surface area is 191 Å². The number of benzene rings is 2. The second-order valence-corrected chi connectivity index (χ2v) is 7.67. The van der Waals surface area contributed by atoms with Gasteiger partial charge in [-0.05, 0) is 35.1 Å². The Balaban J connectivity index is 0.00000341. The molecule has 1 heterocycles. The molecule has 0 saturated carbocycles. The van der Waals surface area contributed by atoms with Crippen molar-refractivity contribution in [1.29, 1.82) is 0 Å². The molecule has 1 atom stereocenters. The minimum atomic E-state index is -0.803. The Morgan fingerprint density at radius 3 is 2.16 bits per heavy atom. The zero-order valence-electron chi connectivity index (χ0n) is 18.4. The van der Waals surface area contributed by atoms with Crippen LogP contribution >= 0.6 is 0 Å². The summed E-state index contributed by atoms with van der Waals surface area (Å²) in [6, 6.07) is 17.0. The maximum absolute atomic E-state index is 11.2. The lowest BCUT2D eigenvalue weighted by Crippen LogP contribution is -3.13. The van der Waals surface area contributed by atoms with E-state index in [4.69, 9.17) is 4.74 Å². The number of aryl methyl sites for hydroxylation is 2. The Morgan fingerprint density at radius 1 is 1.03 bits per heavy atom. The maximum Gasteiger partial charge on any atom is 0.336 e. The average molecular weight is 442 g/mol. The Hall–Kier alpha value is -2.56. The number of carboxylic acids is 1. The van der Waals surface area contributed by atoms with Crippen molar-refractivity contribution in [1.82, 2.24) is 0 Å². The van der Waals surface area contributed by atoms with Gasteiger partial charge >= 0.3 is 5.97 Å². The van der Waals surface area contributed by atoms with Gasteiger partial charge in [-0.15, -0.1) is 0 Å². The van der Waals surface area contributed by atoms with E-state index in [0.717, 1.165) is 37.9 Å². The summed E-state index contributed by atoms with van der Waals surface area (Å²) < 4.78 is 6.05. The number of hydrogen-bond donors (Lipinski definition) is 2. The molecular weight excluding hydrogens is 410 g/mol. The van der Waals surface area contributed by atoms with Crippen LogP contribution < -0.4 is 17.3 Å². The van der Waals surface area contributed by atoms with Crippen LogP contribution in [0.1, 0.15) is 42.5 Å². The molecule has 1 aliphatic rings. The summed E-state index contributed by atoms with van der Waals surface area (Å²) in [5, 5.41) is 9.23. The third-order valence-corrected chi connectivity index (χ3v) is 5.76. The second-order valence-electron chi connectivity index (χ2n) is 7.67. The van der Waals surface area contributed by atoms with Crippen LogP contribution in [0.2, 0.25) is 0 Å². The molecule has 5 heteroatoms. The number of carbonyl (C=O) groups is 1. The Kier molecular flexibility index (Phi) is 9.83. The molecule has 0 aliphatic carbocycles. The van der Waals surface area contributed by atoms with Crippen molar-refractivity contribution in [2.45, 2.75) is 33.1 Å². The van der Waals surface area contributed by atoms with Gasteiger partial charge in [0.15, 0.2) is 0 Å². The first-order chi connectivity index (χ1) is 14.6. The second kappa shape index (κ2) is 12.3. The van der Waals surface area contributed by atoms with Crippen LogP contribution in [0.25, 0.3) is 5.57 Å². The number of rotatable bonds is 9. The highest BCUT2D eigenvalue weighted by molar-refractivity contribution is 5.86. The Morgan fingerprint density at radius 2 is 1.61 bits per heavy atom. The number of ether oxygens (including phenoxy) is 1. The van der Waals surface area contributed by atoms with E-state index in [1.54, 1.807) is 0 Å². The lowest BCUT2D eigenvalue weighted by Gasteiger charge is -2.22. The van der Waals surface area contributed by atoms with Gasteiger partial charge in [0.2, 0.25) is 0 Å². The first-order valence-electron chi connectivity index (χ1n) is 10.9. The fourth-order valence-corrected chi connectivity index (χ4v) is 4.06. The summed E-state index contributed by atoms with van der Waals surface area (Å²) in [4.78, 5) is 12.5. The number of nitrogens with one attached hydrogen (secondary N) is 1. The molecule has 4 nitrogen and oxygen atoms in total.